The summed E-state index contributed by atoms with van der Waals surface area (Å²) in [5, 5.41) is 2.95. The summed E-state index contributed by atoms with van der Waals surface area (Å²) in [6, 6.07) is 3.62. The molecule has 0 aliphatic heterocycles. The molecule has 0 aromatic heterocycles. The zero-order valence-electron chi connectivity index (χ0n) is 13.0. The van der Waals surface area contributed by atoms with E-state index in [9.17, 15) is 4.79 Å². The van der Waals surface area contributed by atoms with Crippen LogP contribution in [0.2, 0.25) is 0 Å². The topological polar surface area (TPSA) is 73.6 Å². The Morgan fingerprint density at radius 3 is 2.29 bits per heavy atom. The van der Waals surface area contributed by atoms with Gasteiger partial charge in [0.25, 0.3) is 0 Å². The number of ether oxygens (including phenoxy) is 2. The van der Waals surface area contributed by atoms with Gasteiger partial charge >= 0.3 is 0 Å². The largest absolute Gasteiger partial charge is 0.493 e. The van der Waals surface area contributed by atoms with Gasteiger partial charge in [-0.05, 0) is 31.4 Å². The molecule has 1 aromatic rings. The third-order valence-electron chi connectivity index (χ3n) is 4.18. The normalized spacial score (nSPS) is 17.1. The van der Waals surface area contributed by atoms with Gasteiger partial charge in [0.1, 0.15) is 0 Å². The SMILES string of the molecule is COc1cc(C)c(NC(=O)C2(N)CCCCC2)cc1OC. The molecule has 1 aliphatic rings. The van der Waals surface area contributed by atoms with Crippen LogP contribution in [0, 0.1) is 6.92 Å². The van der Waals surface area contributed by atoms with Crippen molar-refractivity contribution in [3.8, 4) is 11.5 Å². The first kappa shape index (κ1) is 15.6. The van der Waals surface area contributed by atoms with Crippen LogP contribution in [0.4, 0.5) is 5.69 Å². The fourth-order valence-electron chi connectivity index (χ4n) is 2.77. The van der Waals surface area contributed by atoms with E-state index < -0.39 is 5.54 Å². The van der Waals surface area contributed by atoms with E-state index in [1.165, 1.54) is 0 Å². The summed E-state index contributed by atoms with van der Waals surface area (Å²) < 4.78 is 10.5. The number of methoxy groups -OCH3 is 2. The van der Waals surface area contributed by atoms with E-state index in [-0.39, 0.29) is 5.91 Å². The van der Waals surface area contributed by atoms with Crippen molar-refractivity contribution in [3.63, 3.8) is 0 Å². The number of amides is 1. The van der Waals surface area contributed by atoms with Gasteiger partial charge in [-0.2, -0.15) is 0 Å². The van der Waals surface area contributed by atoms with Crippen molar-refractivity contribution in [1.29, 1.82) is 0 Å². The highest BCUT2D eigenvalue weighted by Gasteiger charge is 2.35. The molecule has 0 heterocycles. The fraction of sp³-hybridized carbons (Fsp3) is 0.562. The molecule has 5 nitrogen and oxygen atoms in total. The van der Waals surface area contributed by atoms with Crippen molar-refractivity contribution >= 4 is 11.6 Å². The molecule has 0 saturated heterocycles. The van der Waals surface area contributed by atoms with Crippen LogP contribution >= 0.6 is 0 Å². The maximum atomic E-state index is 12.5. The minimum absolute atomic E-state index is 0.113. The van der Waals surface area contributed by atoms with Crippen LogP contribution in [0.3, 0.4) is 0 Å². The molecule has 0 spiro atoms. The number of carbonyl (C=O) groups excluding carboxylic acids is 1. The maximum absolute atomic E-state index is 12.5. The monoisotopic (exact) mass is 292 g/mol. The predicted molar refractivity (Wildman–Crippen MR) is 82.9 cm³/mol. The Morgan fingerprint density at radius 1 is 1.14 bits per heavy atom. The first-order valence-electron chi connectivity index (χ1n) is 7.33. The van der Waals surface area contributed by atoms with E-state index in [0.717, 1.165) is 37.7 Å². The molecule has 1 amide bonds. The number of carbonyl (C=O) groups is 1. The number of anilines is 1. The van der Waals surface area contributed by atoms with Crippen molar-refractivity contribution in [2.75, 3.05) is 19.5 Å². The molecular formula is C16H24N2O3. The second-order valence-corrected chi connectivity index (χ2v) is 5.69. The zero-order valence-corrected chi connectivity index (χ0v) is 13.0. The Bertz CT molecular complexity index is 522. The number of nitrogens with two attached hydrogens (primary N) is 1. The van der Waals surface area contributed by atoms with Gasteiger partial charge in [-0.3, -0.25) is 4.79 Å². The van der Waals surface area contributed by atoms with Gasteiger partial charge < -0.3 is 20.5 Å². The Labute approximate surface area is 125 Å². The van der Waals surface area contributed by atoms with Gasteiger partial charge in [0.15, 0.2) is 11.5 Å². The van der Waals surface area contributed by atoms with Gasteiger partial charge in [0, 0.05) is 11.8 Å². The minimum atomic E-state index is -0.752. The van der Waals surface area contributed by atoms with Crippen molar-refractivity contribution < 1.29 is 14.3 Å². The quantitative estimate of drug-likeness (QED) is 0.894. The molecule has 1 aliphatic carbocycles. The van der Waals surface area contributed by atoms with Crippen LogP contribution in [0.5, 0.6) is 11.5 Å². The van der Waals surface area contributed by atoms with E-state index >= 15 is 0 Å². The second-order valence-electron chi connectivity index (χ2n) is 5.69. The highest BCUT2D eigenvalue weighted by Crippen LogP contribution is 2.34. The average Bonchev–Trinajstić information content (AvgIpc) is 2.49. The lowest BCUT2D eigenvalue weighted by Crippen LogP contribution is -2.52. The van der Waals surface area contributed by atoms with Crippen molar-refractivity contribution in [2.45, 2.75) is 44.6 Å². The average molecular weight is 292 g/mol. The van der Waals surface area contributed by atoms with Crippen LogP contribution in [0.25, 0.3) is 0 Å². The second kappa shape index (κ2) is 6.35. The summed E-state index contributed by atoms with van der Waals surface area (Å²) in [4.78, 5) is 12.5. The van der Waals surface area contributed by atoms with Crippen LogP contribution in [-0.4, -0.2) is 25.7 Å². The minimum Gasteiger partial charge on any atom is -0.493 e. The summed E-state index contributed by atoms with van der Waals surface area (Å²) >= 11 is 0. The van der Waals surface area contributed by atoms with Gasteiger partial charge in [0.05, 0.1) is 19.8 Å². The zero-order chi connectivity index (χ0) is 15.5. The summed E-state index contributed by atoms with van der Waals surface area (Å²) in [5.41, 5.74) is 7.14. The lowest BCUT2D eigenvalue weighted by Gasteiger charge is -2.32. The first-order chi connectivity index (χ1) is 10.00. The van der Waals surface area contributed by atoms with E-state index in [1.807, 2.05) is 13.0 Å². The molecule has 116 valence electrons. The molecule has 0 unspecified atom stereocenters. The lowest BCUT2D eigenvalue weighted by atomic mass is 9.82. The Morgan fingerprint density at radius 2 is 1.71 bits per heavy atom. The third kappa shape index (κ3) is 3.29. The van der Waals surface area contributed by atoms with E-state index in [4.69, 9.17) is 15.2 Å². The van der Waals surface area contributed by atoms with E-state index in [2.05, 4.69) is 5.32 Å². The van der Waals surface area contributed by atoms with Crippen molar-refractivity contribution in [3.05, 3.63) is 17.7 Å². The van der Waals surface area contributed by atoms with E-state index in [1.54, 1.807) is 20.3 Å². The van der Waals surface area contributed by atoms with Crippen molar-refractivity contribution in [2.24, 2.45) is 5.73 Å². The Balaban J connectivity index is 2.20. The molecule has 1 aromatic carbocycles. The number of hydrogen-bond acceptors (Lipinski definition) is 4. The number of benzene rings is 1. The molecule has 2 rings (SSSR count). The first-order valence-corrected chi connectivity index (χ1v) is 7.33. The van der Waals surface area contributed by atoms with Gasteiger partial charge in [-0.1, -0.05) is 19.3 Å². The molecule has 0 bridgehead atoms. The van der Waals surface area contributed by atoms with Gasteiger partial charge in [0.2, 0.25) is 5.91 Å². The molecule has 5 heteroatoms. The number of nitrogens with one attached hydrogen (secondary N) is 1. The number of hydrogen-bond donors (Lipinski definition) is 2. The Hall–Kier alpha value is -1.75. The summed E-state index contributed by atoms with van der Waals surface area (Å²) in [7, 11) is 3.16. The molecule has 21 heavy (non-hydrogen) atoms. The van der Waals surface area contributed by atoms with Crippen molar-refractivity contribution in [1.82, 2.24) is 0 Å². The standard InChI is InChI=1S/C16H24N2O3/c1-11-9-13(20-2)14(21-3)10-12(11)18-15(19)16(17)7-5-4-6-8-16/h9-10H,4-8,17H2,1-3H3,(H,18,19). The van der Waals surface area contributed by atoms with Gasteiger partial charge in [-0.25, -0.2) is 0 Å². The molecule has 0 radical (unpaired) electrons. The predicted octanol–water partition coefficient (Wildman–Crippen LogP) is 2.61. The third-order valence-corrected chi connectivity index (χ3v) is 4.18. The molecule has 0 atom stereocenters. The van der Waals surface area contributed by atoms with Gasteiger partial charge in [-0.15, -0.1) is 0 Å². The molecular weight excluding hydrogens is 268 g/mol. The molecule has 3 N–H and O–H groups in total. The molecule has 1 saturated carbocycles. The van der Waals surface area contributed by atoms with Crippen LogP contribution in [0.15, 0.2) is 12.1 Å². The summed E-state index contributed by atoms with van der Waals surface area (Å²) in [5.74, 6) is 1.12. The lowest BCUT2D eigenvalue weighted by molar-refractivity contribution is -0.122. The number of rotatable bonds is 4. The smallest absolute Gasteiger partial charge is 0.244 e. The van der Waals surface area contributed by atoms with Crippen LogP contribution in [0.1, 0.15) is 37.7 Å². The molecule has 1 fully saturated rings. The number of aryl methyl sites for hydroxylation is 1. The van der Waals surface area contributed by atoms with Crippen LogP contribution in [-0.2, 0) is 4.79 Å². The van der Waals surface area contributed by atoms with Crippen LogP contribution < -0.4 is 20.5 Å². The highest BCUT2D eigenvalue weighted by molar-refractivity contribution is 5.98. The highest BCUT2D eigenvalue weighted by atomic mass is 16.5. The maximum Gasteiger partial charge on any atom is 0.244 e. The fourth-order valence-corrected chi connectivity index (χ4v) is 2.77. The Kier molecular flexibility index (Phi) is 4.73. The summed E-state index contributed by atoms with van der Waals surface area (Å²) in [6.07, 6.45) is 4.65. The van der Waals surface area contributed by atoms with E-state index in [0.29, 0.717) is 17.2 Å². The summed E-state index contributed by atoms with van der Waals surface area (Å²) in [6.45, 7) is 1.92.